The van der Waals surface area contributed by atoms with Crippen LogP contribution in [0.2, 0.25) is 0 Å². The molecule has 0 nitrogen and oxygen atoms in total. The smallest absolute Gasteiger partial charge is 0.0548 e. The zero-order valence-corrected chi connectivity index (χ0v) is 29.8. The van der Waals surface area contributed by atoms with Crippen molar-refractivity contribution in [1.29, 1.82) is 0 Å². The molecule has 2 aromatic heterocycles. The van der Waals surface area contributed by atoms with E-state index in [0.717, 1.165) is 23.7 Å². The summed E-state index contributed by atoms with van der Waals surface area (Å²) in [6.07, 6.45) is 19.6. The van der Waals surface area contributed by atoms with Crippen molar-refractivity contribution in [3.8, 4) is 0 Å². The van der Waals surface area contributed by atoms with Crippen molar-refractivity contribution in [2.24, 2.45) is 29.6 Å². The van der Waals surface area contributed by atoms with E-state index in [1.165, 1.54) is 122 Å². The van der Waals surface area contributed by atoms with Crippen LogP contribution in [0, 0.1) is 29.6 Å². The fourth-order valence-electron chi connectivity index (χ4n) is 7.54. The Balaban J connectivity index is 1.20. The van der Waals surface area contributed by atoms with Crippen LogP contribution in [0.25, 0.3) is 46.4 Å². The molecule has 0 N–H and O–H groups in total. The van der Waals surface area contributed by atoms with Gasteiger partial charge in [0.2, 0.25) is 0 Å². The molecule has 234 valence electrons. The van der Waals surface area contributed by atoms with E-state index in [0.29, 0.717) is 5.92 Å². The summed E-state index contributed by atoms with van der Waals surface area (Å²) in [6.45, 7) is 14.3. The SMILES string of the molecule is CC(C)CCCC(C)CCc1ccc2c(ccc3sc4c(sc5ccc6c(c54)C=CC(CCC(C)CCCC(C)C)C6)c32)c1. The highest BCUT2D eigenvalue weighted by Gasteiger charge is 2.21. The van der Waals surface area contributed by atoms with Gasteiger partial charge in [-0.15, -0.1) is 22.7 Å². The summed E-state index contributed by atoms with van der Waals surface area (Å²) in [5, 5.41) is 5.83. The third kappa shape index (κ3) is 7.13. The molecule has 5 aromatic rings. The molecule has 1 aliphatic rings. The van der Waals surface area contributed by atoms with Crippen LogP contribution >= 0.6 is 22.7 Å². The maximum absolute atomic E-state index is 2.54. The molecule has 0 aliphatic heterocycles. The molecule has 2 heteroatoms. The van der Waals surface area contributed by atoms with Crippen LogP contribution in [0.1, 0.15) is 116 Å². The van der Waals surface area contributed by atoms with E-state index in [1.54, 1.807) is 5.56 Å². The molecule has 3 aromatic carbocycles. The first-order chi connectivity index (χ1) is 21.3. The lowest BCUT2D eigenvalue weighted by Crippen LogP contribution is -2.09. The zero-order valence-electron chi connectivity index (χ0n) is 28.2. The third-order valence-electron chi connectivity index (χ3n) is 10.4. The van der Waals surface area contributed by atoms with Gasteiger partial charge in [-0.25, -0.2) is 0 Å². The Hall–Kier alpha value is -2.16. The minimum Gasteiger partial charge on any atom is -0.134 e. The topological polar surface area (TPSA) is 0 Å². The molecule has 0 saturated carbocycles. The molecule has 3 atom stereocenters. The molecule has 6 rings (SSSR count). The summed E-state index contributed by atoms with van der Waals surface area (Å²) in [5.41, 5.74) is 4.55. The number of hydrogen-bond donors (Lipinski definition) is 0. The monoisotopic (exact) mass is 622 g/mol. The Kier molecular flexibility index (Phi) is 10.2. The normalized spacial score (nSPS) is 16.7. The highest BCUT2D eigenvalue weighted by atomic mass is 32.1. The predicted molar refractivity (Wildman–Crippen MR) is 202 cm³/mol. The molecule has 1 aliphatic carbocycles. The molecule has 0 amide bonds. The Morgan fingerprint density at radius 2 is 1.34 bits per heavy atom. The van der Waals surface area contributed by atoms with Crippen molar-refractivity contribution in [3.63, 3.8) is 0 Å². The average Bonchev–Trinajstić information content (AvgIpc) is 3.54. The third-order valence-corrected chi connectivity index (χ3v) is 12.8. The van der Waals surface area contributed by atoms with Gasteiger partial charge < -0.3 is 0 Å². The Morgan fingerprint density at radius 3 is 2.07 bits per heavy atom. The van der Waals surface area contributed by atoms with Gasteiger partial charge in [0.15, 0.2) is 0 Å². The molecule has 2 heterocycles. The molecule has 0 spiro atoms. The van der Waals surface area contributed by atoms with E-state index in [1.807, 2.05) is 22.7 Å². The quantitative estimate of drug-likeness (QED) is 0.116. The first-order valence-corrected chi connectivity index (χ1v) is 19.4. The second-order valence-electron chi connectivity index (χ2n) is 15.2. The number of allylic oxidation sites excluding steroid dienone is 1. The van der Waals surface area contributed by atoms with Crippen molar-refractivity contribution in [2.75, 3.05) is 0 Å². The van der Waals surface area contributed by atoms with E-state index in [-0.39, 0.29) is 0 Å². The van der Waals surface area contributed by atoms with Gasteiger partial charge in [0.05, 0.1) is 9.40 Å². The summed E-state index contributed by atoms with van der Waals surface area (Å²) in [6, 6.07) is 16.9. The fourth-order valence-corrected chi connectivity index (χ4v) is 10.3. The molecule has 3 unspecified atom stereocenters. The second-order valence-corrected chi connectivity index (χ2v) is 17.3. The van der Waals surface area contributed by atoms with Crippen LogP contribution in [-0.2, 0) is 12.8 Å². The number of rotatable bonds is 14. The highest BCUT2D eigenvalue weighted by Crippen LogP contribution is 2.49. The van der Waals surface area contributed by atoms with Gasteiger partial charge in [-0.1, -0.05) is 129 Å². The van der Waals surface area contributed by atoms with Crippen molar-refractivity contribution >= 4 is 69.1 Å². The highest BCUT2D eigenvalue weighted by molar-refractivity contribution is 7.36. The minimum atomic E-state index is 0.685. The van der Waals surface area contributed by atoms with Gasteiger partial charge in [0.1, 0.15) is 0 Å². The lowest BCUT2D eigenvalue weighted by atomic mass is 9.83. The van der Waals surface area contributed by atoms with E-state index < -0.39 is 0 Å². The van der Waals surface area contributed by atoms with Gasteiger partial charge >= 0.3 is 0 Å². The second kappa shape index (κ2) is 14.1. The number of fused-ring (bicyclic) bond motifs is 9. The van der Waals surface area contributed by atoms with E-state index in [2.05, 4.69) is 96.2 Å². The van der Waals surface area contributed by atoms with Crippen LogP contribution in [0.4, 0.5) is 0 Å². The Labute approximate surface area is 275 Å². The first-order valence-electron chi connectivity index (χ1n) is 17.8. The average molecular weight is 623 g/mol. The van der Waals surface area contributed by atoms with Crippen LogP contribution in [0.3, 0.4) is 0 Å². The van der Waals surface area contributed by atoms with Crippen molar-refractivity contribution in [3.05, 3.63) is 65.2 Å². The summed E-state index contributed by atoms with van der Waals surface area (Å²) >= 11 is 4.03. The standard InChI is InChI=1S/C42H54S2/c1-27(2)9-7-11-29(5)13-15-31-17-21-35-33(25-31)19-23-37-39(35)41-42(43-37)40-36-22-18-32(26-34(36)20-24-38(40)44-41)16-14-30(6)12-8-10-28(3)4/h17-25,27-30,32H,7-16,26H2,1-6H3. The number of hydrogen-bond acceptors (Lipinski definition) is 2. The molecule has 0 fully saturated rings. The number of aryl methyl sites for hydroxylation is 1. The molecule has 0 bridgehead atoms. The van der Waals surface area contributed by atoms with Crippen LogP contribution in [0.15, 0.2) is 48.5 Å². The predicted octanol–water partition coefficient (Wildman–Crippen LogP) is 14.2. The zero-order chi connectivity index (χ0) is 30.8. The van der Waals surface area contributed by atoms with Crippen molar-refractivity contribution in [2.45, 2.75) is 112 Å². The van der Waals surface area contributed by atoms with E-state index in [4.69, 9.17) is 0 Å². The van der Waals surface area contributed by atoms with E-state index >= 15 is 0 Å². The molecule has 44 heavy (non-hydrogen) atoms. The Bertz CT molecular complexity index is 1740. The van der Waals surface area contributed by atoms with E-state index in [9.17, 15) is 0 Å². The molecular formula is C42H54S2. The lowest BCUT2D eigenvalue weighted by molar-refractivity contribution is 0.402. The van der Waals surface area contributed by atoms with Crippen LogP contribution in [0.5, 0.6) is 0 Å². The summed E-state index contributed by atoms with van der Waals surface area (Å²) < 4.78 is 5.89. The van der Waals surface area contributed by atoms with Crippen LogP contribution < -0.4 is 0 Å². The van der Waals surface area contributed by atoms with Gasteiger partial charge in [0, 0.05) is 20.2 Å². The van der Waals surface area contributed by atoms with Gasteiger partial charge in [0.25, 0.3) is 0 Å². The maximum atomic E-state index is 2.54. The van der Waals surface area contributed by atoms with Gasteiger partial charge in [-0.3, -0.25) is 0 Å². The summed E-state index contributed by atoms with van der Waals surface area (Å²) in [5.74, 6) is 3.99. The maximum Gasteiger partial charge on any atom is 0.0548 e. The fraction of sp³-hybridized carbons (Fsp3) is 0.524. The molecule has 0 radical (unpaired) electrons. The van der Waals surface area contributed by atoms with Crippen molar-refractivity contribution < 1.29 is 0 Å². The summed E-state index contributed by atoms with van der Waals surface area (Å²) in [7, 11) is 0. The lowest BCUT2D eigenvalue weighted by Gasteiger charge is -2.22. The van der Waals surface area contributed by atoms with Crippen molar-refractivity contribution in [1.82, 2.24) is 0 Å². The molecule has 0 saturated heterocycles. The largest absolute Gasteiger partial charge is 0.134 e. The van der Waals surface area contributed by atoms with Gasteiger partial charge in [-0.05, 0) is 94.9 Å². The summed E-state index contributed by atoms with van der Waals surface area (Å²) in [4.78, 5) is 0. The number of benzene rings is 3. The first kappa shape index (κ1) is 31.8. The van der Waals surface area contributed by atoms with Gasteiger partial charge in [-0.2, -0.15) is 0 Å². The number of thiophene rings is 2. The minimum absolute atomic E-state index is 0.685. The molecular weight excluding hydrogens is 569 g/mol. The Morgan fingerprint density at radius 1 is 0.682 bits per heavy atom. The van der Waals surface area contributed by atoms with Crippen LogP contribution in [-0.4, -0.2) is 0 Å².